The van der Waals surface area contributed by atoms with Crippen molar-refractivity contribution in [2.75, 3.05) is 5.32 Å². The van der Waals surface area contributed by atoms with Gasteiger partial charge in [-0.2, -0.15) is 13.2 Å². The molecule has 10 heteroatoms. The summed E-state index contributed by atoms with van der Waals surface area (Å²) in [6, 6.07) is 10.5. The Hall–Kier alpha value is -3.56. The van der Waals surface area contributed by atoms with E-state index in [1.165, 1.54) is 4.40 Å². The van der Waals surface area contributed by atoms with E-state index in [4.69, 9.17) is 0 Å². The number of imidazole rings is 2. The number of fused-ring (bicyclic) bond motifs is 2. The number of H-pyrrole nitrogens is 1. The molecule has 5 rings (SSSR count). The van der Waals surface area contributed by atoms with Crippen molar-refractivity contribution in [1.82, 2.24) is 24.7 Å². The Balaban J connectivity index is 1.20. The summed E-state index contributed by atoms with van der Waals surface area (Å²) in [7, 11) is 0. The Labute approximate surface area is 181 Å². The van der Waals surface area contributed by atoms with Gasteiger partial charge in [-0.15, -0.1) is 0 Å². The lowest BCUT2D eigenvalue weighted by atomic mass is 9.91. The van der Waals surface area contributed by atoms with Gasteiger partial charge in [0.25, 0.3) is 5.91 Å². The van der Waals surface area contributed by atoms with E-state index in [-0.39, 0.29) is 23.6 Å². The first kappa shape index (κ1) is 20.3. The number of hydrogen-bond acceptors (Lipinski definition) is 4. The van der Waals surface area contributed by atoms with E-state index >= 15 is 0 Å². The molecular formula is C22H21F3N6O. The Bertz CT molecular complexity index is 1270. The smallest absolute Gasteiger partial charge is 0.368 e. The lowest BCUT2D eigenvalue weighted by Gasteiger charge is -2.30. The summed E-state index contributed by atoms with van der Waals surface area (Å²) in [6.07, 6.45) is 1.27. The summed E-state index contributed by atoms with van der Waals surface area (Å²) >= 11 is 0. The Morgan fingerprint density at radius 3 is 2.66 bits per heavy atom. The number of rotatable bonds is 4. The molecule has 3 aromatic heterocycles. The summed E-state index contributed by atoms with van der Waals surface area (Å²) in [5.41, 5.74) is 1.54. The van der Waals surface area contributed by atoms with Gasteiger partial charge in [-0.25, -0.2) is 9.97 Å². The van der Waals surface area contributed by atoms with E-state index < -0.39 is 11.9 Å². The molecule has 166 valence electrons. The molecule has 0 unspecified atom stereocenters. The van der Waals surface area contributed by atoms with Crippen LogP contribution in [0.2, 0.25) is 0 Å². The summed E-state index contributed by atoms with van der Waals surface area (Å²) in [5, 5.41) is 6.43. The zero-order valence-corrected chi connectivity index (χ0v) is 17.0. The summed E-state index contributed by atoms with van der Waals surface area (Å²) < 4.78 is 40.5. The van der Waals surface area contributed by atoms with Crippen LogP contribution in [0.25, 0.3) is 16.7 Å². The molecular weight excluding hydrogens is 421 g/mol. The van der Waals surface area contributed by atoms with Crippen LogP contribution < -0.4 is 10.6 Å². The molecule has 1 saturated carbocycles. The average Bonchev–Trinajstić information content (AvgIpc) is 3.42. The zero-order chi connectivity index (χ0) is 22.3. The largest absolute Gasteiger partial charge is 0.434 e. The molecule has 0 bridgehead atoms. The third-order valence-corrected chi connectivity index (χ3v) is 5.88. The number of nitrogens with one attached hydrogen (secondary N) is 3. The number of benzene rings is 1. The van der Waals surface area contributed by atoms with Crippen LogP contribution in [0.5, 0.6) is 0 Å². The van der Waals surface area contributed by atoms with Gasteiger partial charge in [-0.05, 0) is 56.0 Å². The maximum absolute atomic E-state index is 13.0. The predicted molar refractivity (Wildman–Crippen MR) is 113 cm³/mol. The second-order valence-corrected chi connectivity index (χ2v) is 8.06. The van der Waals surface area contributed by atoms with Gasteiger partial charge >= 0.3 is 6.18 Å². The fourth-order valence-corrected chi connectivity index (χ4v) is 4.20. The van der Waals surface area contributed by atoms with Gasteiger partial charge in [0, 0.05) is 23.8 Å². The van der Waals surface area contributed by atoms with Gasteiger partial charge in [0.05, 0.1) is 17.4 Å². The fraction of sp³-hybridized carbons (Fsp3) is 0.318. The molecule has 1 aliphatic carbocycles. The average molecular weight is 442 g/mol. The number of aromatic nitrogens is 4. The molecule has 3 N–H and O–H groups in total. The van der Waals surface area contributed by atoms with Gasteiger partial charge in [-0.3, -0.25) is 9.20 Å². The number of halogens is 3. The van der Waals surface area contributed by atoms with E-state index in [1.807, 2.05) is 6.07 Å². The van der Waals surface area contributed by atoms with Gasteiger partial charge in [0.1, 0.15) is 11.5 Å². The minimum atomic E-state index is -4.48. The molecule has 4 aromatic rings. The Morgan fingerprint density at radius 2 is 1.88 bits per heavy atom. The molecule has 1 aromatic carbocycles. The molecule has 0 spiro atoms. The standard InChI is InChI=1S/C22H21F3N6O/c23-22(24,25)18-11-31-19(2-1-3-20(31)30-18)28-14-5-7-15(8-6-14)29-21(32)13-4-9-16-17(10-13)27-12-26-16/h1-4,9-12,14-15,28H,5-8H2,(H,26,27)(H,29,32). The van der Waals surface area contributed by atoms with Crippen LogP contribution in [-0.2, 0) is 6.18 Å². The number of amides is 1. The topological polar surface area (TPSA) is 87.1 Å². The third-order valence-electron chi connectivity index (χ3n) is 5.88. The van der Waals surface area contributed by atoms with Crippen molar-refractivity contribution in [1.29, 1.82) is 0 Å². The molecule has 0 saturated heterocycles. The van der Waals surface area contributed by atoms with Gasteiger partial charge < -0.3 is 15.6 Å². The highest BCUT2D eigenvalue weighted by Crippen LogP contribution is 2.30. The first-order valence-corrected chi connectivity index (χ1v) is 10.4. The van der Waals surface area contributed by atoms with E-state index in [1.54, 1.807) is 36.7 Å². The van der Waals surface area contributed by atoms with Crippen molar-refractivity contribution >= 4 is 28.4 Å². The molecule has 3 heterocycles. The van der Waals surface area contributed by atoms with Crippen LogP contribution in [0.3, 0.4) is 0 Å². The molecule has 1 amide bonds. The molecule has 32 heavy (non-hydrogen) atoms. The number of carbonyl (C=O) groups is 1. The van der Waals surface area contributed by atoms with Crippen LogP contribution in [0.4, 0.5) is 19.0 Å². The highest BCUT2D eigenvalue weighted by molar-refractivity contribution is 5.97. The number of alkyl halides is 3. The molecule has 0 radical (unpaired) electrons. The highest BCUT2D eigenvalue weighted by atomic mass is 19.4. The number of aromatic amines is 1. The summed E-state index contributed by atoms with van der Waals surface area (Å²) in [6.45, 7) is 0. The quantitative estimate of drug-likeness (QED) is 0.438. The minimum Gasteiger partial charge on any atom is -0.368 e. The SMILES string of the molecule is O=C(NC1CCC(Nc2cccc3nc(C(F)(F)F)cn23)CC1)c1ccc2nc[nH]c2c1. The lowest BCUT2D eigenvalue weighted by Crippen LogP contribution is -2.40. The number of carbonyl (C=O) groups excluding carboxylic acids is 1. The number of anilines is 1. The molecule has 1 aliphatic rings. The van der Waals surface area contributed by atoms with Gasteiger partial charge in [-0.1, -0.05) is 6.07 Å². The van der Waals surface area contributed by atoms with Crippen molar-refractivity contribution < 1.29 is 18.0 Å². The lowest BCUT2D eigenvalue weighted by molar-refractivity contribution is -0.140. The Morgan fingerprint density at radius 1 is 1.09 bits per heavy atom. The molecule has 0 atom stereocenters. The normalized spacial score (nSPS) is 19.3. The van der Waals surface area contributed by atoms with E-state index in [0.717, 1.165) is 42.9 Å². The predicted octanol–water partition coefficient (Wildman–Crippen LogP) is 4.38. The highest BCUT2D eigenvalue weighted by Gasteiger charge is 2.34. The molecule has 1 fully saturated rings. The van der Waals surface area contributed by atoms with Crippen molar-refractivity contribution in [3.63, 3.8) is 0 Å². The van der Waals surface area contributed by atoms with Crippen LogP contribution in [0, 0.1) is 0 Å². The van der Waals surface area contributed by atoms with Gasteiger partial charge in [0.15, 0.2) is 5.69 Å². The number of nitrogens with zero attached hydrogens (tertiary/aromatic N) is 3. The Kier molecular flexibility index (Phi) is 4.99. The molecule has 0 aliphatic heterocycles. The molecule has 7 nitrogen and oxygen atoms in total. The summed E-state index contributed by atoms with van der Waals surface area (Å²) in [5.74, 6) is 0.451. The number of hydrogen-bond donors (Lipinski definition) is 3. The minimum absolute atomic E-state index is 0.0545. The van der Waals surface area contributed by atoms with Crippen molar-refractivity contribution in [3.05, 3.63) is 60.2 Å². The van der Waals surface area contributed by atoms with Gasteiger partial charge in [0.2, 0.25) is 0 Å². The first-order valence-electron chi connectivity index (χ1n) is 10.4. The van der Waals surface area contributed by atoms with Crippen molar-refractivity contribution in [2.45, 2.75) is 43.9 Å². The van der Waals surface area contributed by atoms with Crippen LogP contribution in [0.15, 0.2) is 48.9 Å². The fourth-order valence-electron chi connectivity index (χ4n) is 4.20. The van der Waals surface area contributed by atoms with E-state index in [0.29, 0.717) is 11.4 Å². The maximum Gasteiger partial charge on any atom is 0.434 e. The van der Waals surface area contributed by atoms with Crippen molar-refractivity contribution in [3.8, 4) is 0 Å². The first-order chi connectivity index (χ1) is 15.4. The second kappa shape index (κ2) is 7.85. The van der Waals surface area contributed by atoms with Crippen molar-refractivity contribution in [2.24, 2.45) is 0 Å². The maximum atomic E-state index is 13.0. The van der Waals surface area contributed by atoms with E-state index in [9.17, 15) is 18.0 Å². The van der Waals surface area contributed by atoms with Crippen LogP contribution in [-0.4, -0.2) is 37.3 Å². The third kappa shape index (κ3) is 4.00. The summed E-state index contributed by atoms with van der Waals surface area (Å²) in [4.78, 5) is 23.4. The van der Waals surface area contributed by atoms with Crippen LogP contribution in [0.1, 0.15) is 41.7 Å². The van der Waals surface area contributed by atoms with Crippen LogP contribution >= 0.6 is 0 Å². The number of pyridine rings is 1. The van der Waals surface area contributed by atoms with E-state index in [2.05, 4.69) is 25.6 Å². The second-order valence-electron chi connectivity index (χ2n) is 8.06. The zero-order valence-electron chi connectivity index (χ0n) is 17.0. The monoisotopic (exact) mass is 442 g/mol.